The number of benzene rings is 1. The van der Waals surface area contributed by atoms with E-state index in [0.29, 0.717) is 0 Å². The smallest absolute Gasteiger partial charge is 0.310 e. The second kappa shape index (κ2) is 6.34. The van der Waals surface area contributed by atoms with E-state index < -0.39 is 50.2 Å². The average molecular weight is 347 g/mol. The van der Waals surface area contributed by atoms with Gasteiger partial charge >= 0.3 is 5.97 Å². The summed E-state index contributed by atoms with van der Waals surface area (Å²) in [7, 11) is -5.14. The first kappa shape index (κ1) is 11.1. The SMILES string of the molecule is [2H]C1(C(=O)O)C=C(S(N)(=O)=O)C([2H])(Oc2ccccc2)C([2H])([N+](=O)[O-])C1([2H])[2H]. The van der Waals surface area contributed by atoms with Crippen molar-refractivity contribution in [1.29, 1.82) is 0 Å². The van der Waals surface area contributed by atoms with Gasteiger partial charge in [0, 0.05) is 15.4 Å². The maximum atomic E-state index is 12.0. The van der Waals surface area contributed by atoms with Crippen LogP contribution in [0.5, 0.6) is 5.75 Å². The molecule has 10 heteroatoms. The Kier molecular flexibility index (Phi) is 3.07. The molecule has 0 saturated heterocycles. The topological polar surface area (TPSA) is 150 Å². The summed E-state index contributed by atoms with van der Waals surface area (Å²) in [6.07, 6.45) is -7.63. The van der Waals surface area contributed by atoms with Crippen LogP contribution in [0.15, 0.2) is 41.3 Å². The van der Waals surface area contributed by atoms with E-state index in [-0.39, 0.29) is 11.8 Å². The van der Waals surface area contributed by atoms with Gasteiger partial charge in [-0.2, -0.15) is 0 Å². The van der Waals surface area contributed by atoms with Crippen molar-refractivity contribution >= 4 is 16.0 Å². The lowest BCUT2D eigenvalue weighted by Crippen LogP contribution is -2.47. The summed E-state index contributed by atoms with van der Waals surface area (Å²) in [5.41, 5.74) is 0. The first-order chi connectivity index (χ1) is 12.6. The van der Waals surface area contributed by atoms with Crippen molar-refractivity contribution in [2.45, 2.75) is 18.5 Å². The Balaban J connectivity index is 3.00. The lowest BCUT2D eigenvalue weighted by Gasteiger charge is -2.29. The number of rotatable bonds is 5. The zero-order chi connectivity index (χ0) is 21.8. The van der Waals surface area contributed by atoms with Crippen LogP contribution in [0.4, 0.5) is 0 Å². The molecule has 1 aliphatic carbocycles. The number of para-hydroxylation sites is 1. The number of hydrogen-bond donors (Lipinski definition) is 2. The number of nitrogens with zero attached hydrogens (tertiary/aromatic N) is 1. The Hall–Kier alpha value is -2.46. The van der Waals surface area contributed by atoms with E-state index in [2.05, 4.69) is 0 Å². The highest BCUT2D eigenvalue weighted by Gasteiger charge is 2.47. The third-order valence-corrected chi connectivity index (χ3v) is 3.57. The highest BCUT2D eigenvalue weighted by Crippen LogP contribution is 2.31. The standard InChI is InChI=1S/C13H14N2O7S/c14-23(20,21)11-7-8(13(16)17)6-10(15(18)19)12(11)22-9-4-2-1-3-5-9/h1-5,7-8,10,12H,6H2,(H,16,17)(H2,14,20,21)/i6D2,8D,10D,12D. The van der Waals surface area contributed by atoms with Crippen LogP contribution in [0.1, 0.15) is 13.2 Å². The highest BCUT2D eigenvalue weighted by molar-refractivity contribution is 7.93. The molecule has 3 atom stereocenters. The fraction of sp³-hybridized carbons (Fsp3) is 0.308. The molecule has 1 aromatic rings. The Morgan fingerprint density at radius 1 is 1.48 bits per heavy atom. The molecule has 0 amide bonds. The van der Waals surface area contributed by atoms with Gasteiger partial charge < -0.3 is 9.84 Å². The second-order valence-electron chi connectivity index (χ2n) is 4.25. The third kappa shape index (κ3) is 3.85. The monoisotopic (exact) mass is 347 g/mol. The first-order valence-corrected chi connectivity index (χ1v) is 7.48. The lowest BCUT2D eigenvalue weighted by atomic mass is 9.90. The molecular formula is C13H14N2O7S. The largest absolute Gasteiger partial charge is 0.481 e. The van der Waals surface area contributed by atoms with E-state index in [1.807, 2.05) is 0 Å². The summed E-state index contributed by atoms with van der Waals surface area (Å²) in [5, 5.41) is 26.0. The highest BCUT2D eigenvalue weighted by atomic mass is 32.2. The maximum Gasteiger partial charge on any atom is 0.310 e. The van der Waals surface area contributed by atoms with Crippen molar-refractivity contribution in [2.24, 2.45) is 11.0 Å². The van der Waals surface area contributed by atoms with Crippen LogP contribution < -0.4 is 9.88 Å². The number of ether oxygens (including phenoxy) is 1. The van der Waals surface area contributed by atoms with Gasteiger partial charge in [-0.05, 0) is 12.1 Å². The molecular weight excluding hydrogens is 328 g/mol. The van der Waals surface area contributed by atoms with Gasteiger partial charge in [-0.15, -0.1) is 0 Å². The molecule has 1 aliphatic rings. The quantitative estimate of drug-likeness (QED) is 0.576. The van der Waals surface area contributed by atoms with E-state index in [1.165, 1.54) is 18.2 Å². The van der Waals surface area contributed by atoms with E-state index in [0.717, 1.165) is 12.1 Å². The number of nitro groups is 1. The molecule has 0 bridgehead atoms. The summed E-state index contributed by atoms with van der Waals surface area (Å²) < 4.78 is 69.2. The summed E-state index contributed by atoms with van der Waals surface area (Å²) >= 11 is 0. The molecule has 0 aliphatic heterocycles. The van der Waals surface area contributed by atoms with E-state index in [4.69, 9.17) is 16.7 Å². The molecule has 0 saturated carbocycles. The maximum absolute atomic E-state index is 12.0. The van der Waals surface area contributed by atoms with Crippen molar-refractivity contribution in [1.82, 2.24) is 0 Å². The molecule has 3 N–H and O–H groups in total. The van der Waals surface area contributed by atoms with Crippen molar-refractivity contribution in [3.63, 3.8) is 0 Å². The minimum absolute atomic E-state index is 0.0447. The molecule has 0 fully saturated rings. The molecule has 0 spiro atoms. The van der Waals surface area contributed by atoms with Crippen LogP contribution in [0, 0.1) is 16.0 Å². The lowest BCUT2D eigenvalue weighted by molar-refractivity contribution is -0.533. The van der Waals surface area contributed by atoms with Crippen LogP contribution in [0.2, 0.25) is 0 Å². The number of sulfonamides is 1. The van der Waals surface area contributed by atoms with Crippen molar-refractivity contribution in [3.8, 4) is 5.75 Å². The van der Waals surface area contributed by atoms with Crippen LogP contribution in [0.25, 0.3) is 0 Å². The minimum Gasteiger partial charge on any atom is -0.481 e. The van der Waals surface area contributed by atoms with Crippen LogP contribution >= 0.6 is 0 Å². The summed E-state index contributed by atoms with van der Waals surface area (Å²) in [6.45, 7) is 0. The number of aliphatic carboxylic acids is 1. The fourth-order valence-corrected chi connectivity index (χ4v) is 2.37. The van der Waals surface area contributed by atoms with Gasteiger partial charge in [-0.3, -0.25) is 14.9 Å². The Morgan fingerprint density at radius 2 is 2.09 bits per heavy atom. The molecule has 0 heterocycles. The molecule has 23 heavy (non-hydrogen) atoms. The molecule has 0 radical (unpaired) electrons. The van der Waals surface area contributed by atoms with E-state index in [1.54, 1.807) is 0 Å². The van der Waals surface area contributed by atoms with Crippen LogP contribution in [-0.4, -0.2) is 36.5 Å². The zero-order valence-electron chi connectivity index (χ0n) is 16.3. The molecule has 1 aromatic carbocycles. The fourth-order valence-electron chi connectivity index (χ4n) is 1.69. The van der Waals surface area contributed by atoms with Gasteiger partial charge in [0.25, 0.3) is 6.02 Å². The van der Waals surface area contributed by atoms with Crippen LogP contribution in [-0.2, 0) is 14.8 Å². The third-order valence-electron chi connectivity index (χ3n) is 2.65. The van der Waals surface area contributed by atoms with Gasteiger partial charge in [0.15, 0.2) is 0 Å². The van der Waals surface area contributed by atoms with Gasteiger partial charge in [0.05, 0.1) is 7.26 Å². The summed E-state index contributed by atoms with van der Waals surface area (Å²) in [5.74, 6) is -6.30. The predicted octanol–water partition coefficient (Wildman–Crippen LogP) is 0.356. The molecule has 0 aromatic heterocycles. The molecule has 3 unspecified atom stereocenters. The van der Waals surface area contributed by atoms with Crippen molar-refractivity contribution in [2.75, 3.05) is 0 Å². The number of carboxylic acid groups (broad SMARTS) is 1. The van der Waals surface area contributed by atoms with E-state index in [9.17, 15) is 28.4 Å². The minimum atomic E-state index is -5.14. The molecule has 2 rings (SSSR count). The van der Waals surface area contributed by atoms with Gasteiger partial charge in [0.2, 0.25) is 16.1 Å². The normalized spacial score (nSPS) is 39.5. The van der Waals surface area contributed by atoms with Crippen molar-refractivity contribution in [3.05, 3.63) is 51.4 Å². The Labute approximate surface area is 138 Å². The number of nitrogens with two attached hydrogens (primary N) is 1. The van der Waals surface area contributed by atoms with Crippen molar-refractivity contribution < 1.29 is 34.8 Å². The Bertz CT molecular complexity index is 973. The second-order valence-corrected chi connectivity index (χ2v) is 5.78. The Morgan fingerprint density at radius 3 is 2.57 bits per heavy atom. The van der Waals surface area contributed by atoms with E-state index >= 15 is 0 Å². The number of hydrogen-bond acceptors (Lipinski definition) is 6. The molecule has 124 valence electrons. The zero-order valence-corrected chi connectivity index (χ0v) is 12.1. The van der Waals surface area contributed by atoms with Gasteiger partial charge in [-0.25, -0.2) is 13.6 Å². The number of carbonyl (C=O) groups is 1. The predicted molar refractivity (Wildman–Crippen MR) is 78.6 cm³/mol. The van der Waals surface area contributed by atoms with Gasteiger partial charge in [0.1, 0.15) is 12.0 Å². The van der Waals surface area contributed by atoms with Gasteiger partial charge in [-0.1, -0.05) is 24.3 Å². The van der Waals surface area contributed by atoms with Crippen LogP contribution in [0.3, 0.4) is 0 Å². The summed E-state index contributed by atoms with van der Waals surface area (Å²) in [4.78, 5) is 20.0. The first-order valence-electron chi connectivity index (χ1n) is 8.44. The summed E-state index contributed by atoms with van der Waals surface area (Å²) in [6, 6.07) is 2.35. The number of primary sulfonamides is 1. The molecule has 9 nitrogen and oxygen atoms in total. The average Bonchev–Trinajstić information content (AvgIpc) is 2.56. The number of carboxylic acids is 1.